The van der Waals surface area contributed by atoms with Crippen LogP contribution in [-0.4, -0.2) is 30.5 Å². The van der Waals surface area contributed by atoms with E-state index in [-0.39, 0.29) is 12.5 Å². The number of nitrogens with zero attached hydrogens (tertiary/aromatic N) is 2. The molecule has 3 atom stereocenters. The third kappa shape index (κ3) is 3.52. The van der Waals surface area contributed by atoms with Gasteiger partial charge in [-0.05, 0) is 68.2 Å². The molecule has 1 aromatic carbocycles. The van der Waals surface area contributed by atoms with Crippen molar-refractivity contribution in [2.75, 3.05) is 16.6 Å². The summed E-state index contributed by atoms with van der Waals surface area (Å²) in [7, 11) is 0. The molecule has 0 bridgehead atoms. The number of thiophene rings is 2. The third-order valence-corrected chi connectivity index (χ3v) is 9.36. The average Bonchev–Trinajstić information content (AvgIpc) is 3.64. The first kappa shape index (κ1) is 23.4. The number of benzene rings is 1. The summed E-state index contributed by atoms with van der Waals surface area (Å²) in [5.74, 6) is -1.94. The molecule has 2 aromatic heterocycles. The van der Waals surface area contributed by atoms with Crippen LogP contribution in [0.4, 0.5) is 10.7 Å². The maximum atomic E-state index is 14.1. The zero-order chi connectivity index (χ0) is 25.0. The summed E-state index contributed by atoms with van der Waals surface area (Å²) in [5.41, 5.74) is 3.12. The van der Waals surface area contributed by atoms with Crippen molar-refractivity contribution < 1.29 is 24.0 Å². The minimum absolute atomic E-state index is 0.227. The van der Waals surface area contributed by atoms with Crippen molar-refractivity contribution in [1.29, 1.82) is 0 Å². The van der Waals surface area contributed by atoms with E-state index in [2.05, 4.69) is 0 Å². The Kier molecular flexibility index (Phi) is 5.94. The Morgan fingerprint density at radius 1 is 1.11 bits per heavy atom. The maximum Gasteiger partial charge on any atom is 0.341 e. The van der Waals surface area contributed by atoms with Crippen LogP contribution in [0.2, 0.25) is 0 Å². The van der Waals surface area contributed by atoms with Crippen LogP contribution in [0.3, 0.4) is 0 Å². The van der Waals surface area contributed by atoms with Crippen molar-refractivity contribution in [2.45, 2.75) is 51.7 Å². The predicted molar refractivity (Wildman–Crippen MR) is 138 cm³/mol. The molecule has 186 valence electrons. The van der Waals surface area contributed by atoms with Crippen molar-refractivity contribution in [1.82, 2.24) is 0 Å². The van der Waals surface area contributed by atoms with Gasteiger partial charge in [-0.3, -0.25) is 14.4 Å². The lowest BCUT2D eigenvalue weighted by molar-refractivity contribution is -0.126. The van der Waals surface area contributed by atoms with Crippen molar-refractivity contribution in [2.24, 2.45) is 5.92 Å². The molecule has 9 heteroatoms. The largest absolute Gasteiger partial charge is 0.462 e. The summed E-state index contributed by atoms with van der Waals surface area (Å²) >= 11 is 2.91. The zero-order valence-electron chi connectivity index (χ0n) is 20.1. The van der Waals surface area contributed by atoms with Crippen LogP contribution in [0.25, 0.3) is 0 Å². The van der Waals surface area contributed by atoms with Gasteiger partial charge in [0.2, 0.25) is 5.91 Å². The normalized spacial score (nSPS) is 23.2. The molecular weight excluding hydrogens is 496 g/mol. The number of imide groups is 1. The molecule has 0 saturated carbocycles. The molecule has 7 nitrogen and oxygen atoms in total. The summed E-state index contributed by atoms with van der Waals surface area (Å²) in [6.07, 6.45) is 2.62. The molecule has 36 heavy (non-hydrogen) atoms. The van der Waals surface area contributed by atoms with E-state index in [4.69, 9.17) is 9.57 Å². The number of ether oxygens (including phenoxy) is 1. The average molecular weight is 523 g/mol. The van der Waals surface area contributed by atoms with Gasteiger partial charge in [0.15, 0.2) is 6.10 Å². The summed E-state index contributed by atoms with van der Waals surface area (Å²) in [5, 5.41) is 4.08. The van der Waals surface area contributed by atoms with Crippen molar-refractivity contribution in [3.05, 3.63) is 68.2 Å². The fourth-order valence-electron chi connectivity index (χ4n) is 5.51. The van der Waals surface area contributed by atoms with Gasteiger partial charge >= 0.3 is 5.97 Å². The number of esters is 1. The Bertz CT molecular complexity index is 1350. The van der Waals surface area contributed by atoms with Gasteiger partial charge in [-0.25, -0.2) is 14.8 Å². The molecule has 2 fully saturated rings. The summed E-state index contributed by atoms with van der Waals surface area (Å²) < 4.78 is 5.37. The number of carbonyl (C=O) groups is 3. The lowest BCUT2D eigenvalue weighted by Crippen LogP contribution is -2.37. The highest BCUT2D eigenvalue weighted by molar-refractivity contribution is 7.17. The van der Waals surface area contributed by atoms with E-state index >= 15 is 0 Å². The molecule has 2 amide bonds. The Morgan fingerprint density at radius 2 is 1.92 bits per heavy atom. The van der Waals surface area contributed by atoms with Crippen LogP contribution in [-0.2, 0) is 32.0 Å². The van der Waals surface area contributed by atoms with Gasteiger partial charge < -0.3 is 4.74 Å². The molecule has 0 radical (unpaired) electrons. The number of anilines is 2. The third-order valence-electron chi connectivity index (χ3n) is 7.14. The second-order valence-electron chi connectivity index (χ2n) is 9.25. The molecule has 3 aliphatic rings. The van der Waals surface area contributed by atoms with E-state index < -0.39 is 29.9 Å². The number of hydroxylamine groups is 1. The van der Waals surface area contributed by atoms with E-state index in [0.717, 1.165) is 52.3 Å². The number of hydrogen-bond acceptors (Lipinski definition) is 8. The minimum Gasteiger partial charge on any atom is -0.462 e. The second-order valence-corrected chi connectivity index (χ2v) is 11.3. The topological polar surface area (TPSA) is 76.2 Å². The highest BCUT2D eigenvalue weighted by atomic mass is 32.1. The highest BCUT2D eigenvalue weighted by Gasteiger charge is 2.61. The van der Waals surface area contributed by atoms with Gasteiger partial charge in [0, 0.05) is 9.75 Å². The molecule has 0 spiro atoms. The number of aryl methyl sites for hydroxylation is 2. The maximum absolute atomic E-state index is 14.1. The van der Waals surface area contributed by atoms with Gasteiger partial charge in [-0.15, -0.1) is 22.7 Å². The zero-order valence-corrected chi connectivity index (χ0v) is 21.7. The first-order chi connectivity index (χ1) is 17.5. The van der Waals surface area contributed by atoms with Gasteiger partial charge in [-0.2, -0.15) is 0 Å². The van der Waals surface area contributed by atoms with Crippen LogP contribution < -0.4 is 9.96 Å². The minimum atomic E-state index is -0.960. The van der Waals surface area contributed by atoms with Crippen molar-refractivity contribution in [3.63, 3.8) is 0 Å². The van der Waals surface area contributed by atoms with Crippen LogP contribution in [0.5, 0.6) is 0 Å². The van der Waals surface area contributed by atoms with Crippen molar-refractivity contribution in [3.8, 4) is 0 Å². The van der Waals surface area contributed by atoms with E-state index in [0.29, 0.717) is 10.6 Å². The molecule has 0 unspecified atom stereocenters. The quantitative estimate of drug-likeness (QED) is 0.338. The lowest BCUT2D eigenvalue weighted by Gasteiger charge is -2.28. The molecule has 2 saturated heterocycles. The van der Waals surface area contributed by atoms with Gasteiger partial charge in [-0.1, -0.05) is 24.3 Å². The fourth-order valence-corrected chi connectivity index (χ4v) is 7.75. The number of hydrogen-bond donors (Lipinski definition) is 0. The van der Waals surface area contributed by atoms with Crippen LogP contribution >= 0.6 is 22.7 Å². The summed E-state index contributed by atoms with van der Waals surface area (Å²) in [4.78, 5) is 50.4. The fraction of sp³-hybridized carbons (Fsp3) is 0.370. The number of carbonyl (C=O) groups excluding carboxylic acids is 3. The van der Waals surface area contributed by atoms with E-state index in [1.807, 2.05) is 48.7 Å². The summed E-state index contributed by atoms with van der Waals surface area (Å²) in [6, 6.07) is 11.3. The van der Waals surface area contributed by atoms with Crippen LogP contribution in [0.1, 0.15) is 57.0 Å². The van der Waals surface area contributed by atoms with E-state index in [9.17, 15) is 14.4 Å². The standard InChI is InChI=1S/C27H26N2O5S2/c1-3-33-27(32)20-16-10-5-7-12-18(16)36-26(20)28-24(30)21-22(19-13-8-14-35-19)29(34-23(21)25(28)31)17-11-6-4-9-15(17)2/h4,6,8-9,11,13-14,21-23H,3,5,7,10,12H2,1-2H3/t21-,22-,23+/m1/s1. The molecule has 4 heterocycles. The smallest absolute Gasteiger partial charge is 0.341 e. The SMILES string of the molecule is CCOC(=O)c1c(N2C(=O)[C@H]3[C@H](ON(c4ccccc4C)[C@@H]3c3cccs3)C2=O)sc2c1CCCC2. The van der Waals surface area contributed by atoms with Crippen molar-refractivity contribution >= 4 is 51.1 Å². The molecule has 0 N–H and O–H groups in total. The molecule has 3 aromatic rings. The number of para-hydroxylation sites is 1. The Balaban J connectivity index is 1.44. The molecule has 2 aliphatic heterocycles. The van der Waals surface area contributed by atoms with Gasteiger partial charge in [0.05, 0.1) is 17.9 Å². The van der Waals surface area contributed by atoms with E-state index in [1.165, 1.54) is 27.6 Å². The first-order valence-electron chi connectivity index (χ1n) is 12.3. The monoisotopic (exact) mass is 522 g/mol. The summed E-state index contributed by atoms with van der Waals surface area (Å²) in [6.45, 7) is 3.97. The van der Waals surface area contributed by atoms with Gasteiger partial charge in [0.25, 0.3) is 5.91 Å². The van der Waals surface area contributed by atoms with Crippen LogP contribution in [0, 0.1) is 12.8 Å². The predicted octanol–water partition coefficient (Wildman–Crippen LogP) is 5.22. The van der Waals surface area contributed by atoms with Gasteiger partial charge in [0.1, 0.15) is 17.0 Å². The number of fused-ring (bicyclic) bond motifs is 2. The Hall–Kier alpha value is -3.01. The first-order valence-corrected chi connectivity index (χ1v) is 13.9. The number of amides is 2. The molecule has 1 aliphatic carbocycles. The molecular formula is C27H26N2O5S2. The number of rotatable bonds is 5. The Morgan fingerprint density at radius 3 is 2.67 bits per heavy atom. The second kappa shape index (κ2) is 9.14. The Labute approximate surface area is 217 Å². The lowest BCUT2D eigenvalue weighted by atomic mass is 9.94. The highest BCUT2D eigenvalue weighted by Crippen LogP contribution is 2.51. The van der Waals surface area contributed by atoms with Crippen LogP contribution in [0.15, 0.2) is 41.8 Å². The molecule has 6 rings (SSSR count). The van der Waals surface area contributed by atoms with E-state index in [1.54, 1.807) is 12.0 Å².